The summed E-state index contributed by atoms with van der Waals surface area (Å²) < 4.78 is 0. The standard InChI is InChI=1S/C27H44O8/c1-22(2,32)9-8-20(30)25(5,33)19-7-11-26(34)16-12-21(31)27(35)14-18(29)17(28)13-24(27,4)15(16)6-10-23(19,26)3/h12,15,17-20,28-30,32-35H,6-11,13-14H2,1-5H3/t15-,17-,18+,19?,20+,23+,24+,25+,26?,27-/m0/s1. The highest BCUT2D eigenvalue weighted by Crippen LogP contribution is 2.69. The summed E-state index contributed by atoms with van der Waals surface area (Å²) in [5, 5.41) is 77.0. The summed E-state index contributed by atoms with van der Waals surface area (Å²) in [5.41, 5.74) is -7.07. The molecular weight excluding hydrogens is 452 g/mol. The molecule has 0 spiro atoms. The molecule has 200 valence electrons. The normalized spacial score (nSPS) is 48.3. The SMILES string of the molecule is CC(C)(O)CC[C@@H](O)[C@](C)(O)C1CCC2(O)C3=CC(=O)[C@@]4(O)C[C@@H](O)[C@@H](O)C[C@]4(C)[C@H]3CC[C@]12C. The molecule has 4 rings (SSSR count). The van der Waals surface area contributed by atoms with Gasteiger partial charge < -0.3 is 35.7 Å². The molecule has 4 aliphatic rings. The number of rotatable bonds is 5. The van der Waals surface area contributed by atoms with Gasteiger partial charge in [0.05, 0.1) is 35.1 Å². The molecule has 3 saturated carbocycles. The van der Waals surface area contributed by atoms with E-state index in [-0.39, 0.29) is 25.2 Å². The van der Waals surface area contributed by atoms with E-state index in [4.69, 9.17) is 0 Å². The third-order valence-electron chi connectivity index (χ3n) is 10.7. The van der Waals surface area contributed by atoms with Crippen molar-refractivity contribution in [3.8, 4) is 0 Å². The number of aliphatic hydroxyl groups excluding tert-OH is 3. The van der Waals surface area contributed by atoms with Crippen LogP contribution in [-0.2, 0) is 4.79 Å². The molecule has 10 atom stereocenters. The molecule has 8 heteroatoms. The van der Waals surface area contributed by atoms with E-state index in [0.717, 1.165) is 0 Å². The van der Waals surface area contributed by atoms with E-state index in [0.29, 0.717) is 37.7 Å². The fourth-order valence-electron chi connectivity index (χ4n) is 8.31. The summed E-state index contributed by atoms with van der Waals surface area (Å²) in [6, 6.07) is 0. The minimum Gasteiger partial charge on any atom is -0.390 e. The highest BCUT2D eigenvalue weighted by molar-refractivity contribution is 6.00. The van der Waals surface area contributed by atoms with Gasteiger partial charge in [-0.05, 0) is 89.2 Å². The van der Waals surface area contributed by atoms with E-state index in [1.165, 1.54) is 6.08 Å². The van der Waals surface area contributed by atoms with Crippen LogP contribution in [0.15, 0.2) is 11.6 Å². The van der Waals surface area contributed by atoms with Gasteiger partial charge in [0.1, 0.15) is 5.60 Å². The van der Waals surface area contributed by atoms with Crippen LogP contribution in [0, 0.1) is 22.7 Å². The summed E-state index contributed by atoms with van der Waals surface area (Å²) in [6.45, 7) is 8.58. The van der Waals surface area contributed by atoms with E-state index in [2.05, 4.69) is 0 Å². The van der Waals surface area contributed by atoms with Gasteiger partial charge in [0, 0.05) is 17.3 Å². The third kappa shape index (κ3) is 3.70. The lowest BCUT2D eigenvalue weighted by Gasteiger charge is -2.62. The van der Waals surface area contributed by atoms with E-state index < -0.39 is 63.2 Å². The van der Waals surface area contributed by atoms with Gasteiger partial charge in [0.2, 0.25) is 0 Å². The van der Waals surface area contributed by atoms with Crippen molar-refractivity contribution < 1.29 is 40.5 Å². The van der Waals surface area contributed by atoms with Crippen molar-refractivity contribution >= 4 is 5.78 Å². The maximum atomic E-state index is 13.3. The van der Waals surface area contributed by atoms with Crippen LogP contribution in [0.25, 0.3) is 0 Å². The van der Waals surface area contributed by atoms with E-state index in [1.807, 2.05) is 6.92 Å². The number of carbonyl (C=O) groups excluding carboxylic acids is 1. The van der Waals surface area contributed by atoms with Crippen LogP contribution < -0.4 is 0 Å². The van der Waals surface area contributed by atoms with Crippen LogP contribution in [0.2, 0.25) is 0 Å². The summed E-state index contributed by atoms with van der Waals surface area (Å²) in [6.07, 6.45) is 0.0884. The molecule has 0 aromatic carbocycles. The van der Waals surface area contributed by atoms with Crippen LogP contribution >= 0.6 is 0 Å². The highest BCUT2D eigenvalue weighted by atomic mass is 16.3. The van der Waals surface area contributed by atoms with Crippen molar-refractivity contribution in [3.63, 3.8) is 0 Å². The molecule has 0 aromatic heterocycles. The van der Waals surface area contributed by atoms with Gasteiger partial charge in [-0.1, -0.05) is 13.8 Å². The number of carbonyl (C=O) groups is 1. The molecule has 7 N–H and O–H groups in total. The number of aliphatic hydroxyl groups is 7. The lowest BCUT2D eigenvalue weighted by atomic mass is 9.44. The van der Waals surface area contributed by atoms with Crippen molar-refractivity contribution in [1.29, 1.82) is 0 Å². The Kier molecular flexibility index (Phi) is 6.26. The Morgan fingerprint density at radius 1 is 0.971 bits per heavy atom. The summed E-state index contributed by atoms with van der Waals surface area (Å²) in [4.78, 5) is 13.3. The van der Waals surface area contributed by atoms with Gasteiger partial charge in [-0.2, -0.15) is 0 Å². The predicted molar refractivity (Wildman–Crippen MR) is 128 cm³/mol. The Morgan fingerprint density at radius 3 is 2.17 bits per heavy atom. The fourth-order valence-corrected chi connectivity index (χ4v) is 8.31. The third-order valence-corrected chi connectivity index (χ3v) is 10.7. The zero-order valence-electron chi connectivity index (χ0n) is 21.7. The van der Waals surface area contributed by atoms with Crippen LogP contribution in [0.3, 0.4) is 0 Å². The lowest BCUT2D eigenvalue weighted by Crippen LogP contribution is -2.69. The molecule has 0 aliphatic heterocycles. The van der Waals surface area contributed by atoms with Gasteiger partial charge in [-0.25, -0.2) is 0 Å². The van der Waals surface area contributed by atoms with Gasteiger partial charge >= 0.3 is 0 Å². The Bertz CT molecular complexity index is 907. The molecule has 8 nitrogen and oxygen atoms in total. The summed E-state index contributed by atoms with van der Waals surface area (Å²) in [7, 11) is 0. The smallest absolute Gasteiger partial charge is 0.187 e. The maximum Gasteiger partial charge on any atom is 0.187 e. The molecule has 35 heavy (non-hydrogen) atoms. The van der Waals surface area contributed by atoms with Gasteiger partial charge in [0.25, 0.3) is 0 Å². The number of fused-ring (bicyclic) bond motifs is 5. The molecule has 4 aliphatic carbocycles. The predicted octanol–water partition coefficient (Wildman–Crippen LogP) is 0.969. The molecule has 3 fully saturated rings. The fraction of sp³-hybridized carbons (Fsp3) is 0.889. The van der Waals surface area contributed by atoms with E-state index >= 15 is 0 Å². The number of hydrogen-bond donors (Lipinski definition) is 7. The molecule has 0 aromatic rings. The molecule has 0 bridgehead atoms. The minimum atomic E-state index is -1.82. The maximum absolute atomic E-state index is 13.3. The van der Waals surface area contributed by atoms with E-state index in [1.54, 1.807) is 27.7 Å². The first-order valence-corrected chi connectivity index (χ1v) is 13.0. The second-order valence-corrected chi connectivity index (χ2v) is 13.3. The van der Waals surface area contributed by atoms with Crippen LogP contribution in [0.4, 0.5) is 0 Å². The molecule has 0 saturated heterocycles. The van der Waals surface area contributed by atoms with Crippen molar-refractivity contribution in [1.82, 2.24) is 0 Å². The number of ketones is 1. The van der Waals surface area contributed by atoms with Crippen LogP contribution in [-0.4, -0.2) is 82.2 Å². The average molecular weight is 497 g/mol. The lowest BCUT2D eigenvalue weighted by molar-refractivity contribution is -0.211. The minimum absolute atomic E-state index is 0.0437. The van der Waals surface area contributed by atoms with Gasteiger partial charge in [0.15, 0.2) is 5.78 Å². The summed E-state index contributed by atoms with van der Waals surface area (Å²) >= 11 is 0. The topological polar surface area (TPSA) is 159 Å². The zero-order valence-corrected chi connectivity index (χ0v) is 21.7. The Balaban J connectivity index is 1.70. The second kappa shape index (κ2) is 8.06. The monoisotopic (exact) mass is 496 g/mol. The van der Waals surface area contributed by atoms with Crippen molar-refractivity contribution in [2.75, 3.05) is 0 Å². The largest absolute Gasteiger partial charge is 0.390 e. The molecule has 0 amide bonds. The van der Waals surface area contributed by atoms with Gasteiger partial charge in [-0.15, -0.1) is 0 Å². The molecule has 0 heterocycles. The van der Waals surface area contributed by atoms with Crippen molar-refractivity contribution in [2.45, 2.75) is 127 Å². The first kappa shape index (κ1) is 27.2. The number of hydrogen-bond acceptors (Lipinski definition) is 8. The van der Waals surface area contributed by atoms with E-state index in [9.17, 15) is 40.5 Å². The molecule has 0 radical (unpaired) electrons. The highest BCUT2D eigenvalue weighted by Gasteiger charge is 2.71. The van der Waals surface area contributed by atoms with Gasteiger partial charge in [-0.3, -0.25) is 4.79 Å². The van der Waals surface area contributed by atoms with Crippen molar-refractivity contribution in [2.24, 2.45) is 22.7 Å². The Labute approximate surface area is 207 Å². The summed E-state index contributed by atoms with van der Waals surface area (Å²) in [5.74, 6) is -1.38. The Hall–Kier alpha value is -0.870. The first-order chi connectivity index (χ1) is 15.8. The second-order valence-electron chi connectivity index (χ2n) is 13.3. The molecular formula is C27H44O8. The average Bonchev–Trinajstić information content (AvgIpc) is 3.01. The molecule has 2 unspecified atom stereocenters. The zero-order chi connectivity index (χ0) is 26.4. The Morgan fingerprint density at radius 2 is 1.57 bits per heavy atom. The van der Waals surface area contributed by atoms with Crippen LogP contribution in [0.1, 0.15) is 86.0 Å². The van der Waals surface area contributed by atoms with Crippen molar-refractivity contribution in [3.05, 3.63) is 11.6 Å². The first-order valence-electron chi connectivity index (χ1n) is 13.0. The van der Waals surface area contributed by atoms with Crippen LogP contribution in [0.5, 0.6) is 0 Å². The quantitative estimate of drug-likeness (QED) is 0.297.